The number of para-hydroxylation sites is 1. The van der Waals surface area contributed by atoms with E-state index in [4.69, 9.17) is 35.4 Å². The second-order valence-corrected chi connectivity index (χ2v) is 8.88. The largest absolute Gasteiger partial charge is 0.336 e. The highest BCUT2D eigenvalue weighted by atomic mass is 35.5. The zero-order chi connectivity index (χ0) is 23.4. The zero-order valence-corrected chi connectivity index (χ0v) is 19.9. The lowest BCUT2D eigenvalue weighted by atomic mass is 10.1. The molecule has 3 aromatic rings. The molecule has 3 aromatic carbocycles. The monoisotopic (exact) mass is 497 g/mol. The lowest BCUT2D eigenvalue weighted by Crippen LogP contribution is -2.39. The standard InChI is InChI=1S/C25H21Cl2N3O2S/c26-18-11-9-17(10-12-18)13-14-29-22(16-23(31)28-20-6-2-1-3-7-20)24(32)30(25(29)33)21-8-4-5-19(27)15-21/h1-12,15,22H,13-14,16H2,(H,28,31). The quantitative estimate of drug-likeness (QED) is 0.433. The van der Waals surface area contributed by atoms with Gasteiger partial charge in [0.2, 0.25) is 5.91 Å². The number of amides is 2. The molecular formula is C25H21Cl2N3O2S. The van der Waals surface area contributed by atoms with Crippen LogP contribution in [-0.4, -0.2) is 34.4 Å². The van der Waals surface area contributed by atoms with Crippen LogP contribution in [0.5, 0.6) is 0 Å². The van der Waals surface area contributed by atoms with Gasteiger partial charge in [-0.05, 0) is 66.7 Å². The van der Waals surface area contributed by atoms with Crippen molar-refractivity contribution in [3.8, 4) is 0 Å². The maximum atomic E-state index is 13.4. The number of hydrogen-bond acceptors (Lipinski definition) is 3. The fourth-order valence-corrected chi connectivity index (χ4v) is 4.47. The summed E-state index contributed by atoms with van der Waals surface area (Å²) in [6, 6.07) is 22.9. The SMILES string of the molecule is O=C(CC1C(=O)N(c2cccc(Cl)c2)C(=S)N1CCc1ccc(Cl)cc1)Nc1ccccc1. The molecule has 1 atom stereocenters. The first kappa shape index (κ1) is 23.2. The third-order valence-electron chi connectivity index (χ3n) is 5.38. The van der Waals surface area contributed by atoms with E-state index in [1.807, 2.05) is 47.4 Å². The van der Waals surface area contributed by atoms with Gasteiger partial charge < -0.3 is 10.2 Å². The van der Waals surface area contributed by atoms with Crippen molar-refractivity contribution in [2.24, 2.45) is 0 Å². The van der Waals surface area contributed by atoms with Crippen LogP contribution in [0.25, 0.3) is 0 Å². The number of benzene rings is 3. The molecule has 0 saturated carbocycles. The molecule has 1 saturated heterocycles. The molecule has 2 amide bonds. The number of carbonyl (C=O) groups is 2. The van der Waals surface area contributed by atoms with Crippen LogP contribution in [0, 0.1) is 0 Å². The van der Waals surface area contributed by atoms with Crippen LogP contribution in [0.1, 0.15) is 12.0 Å². The molecule has 33 heavy (non-hydrogen) atoms. The van der Waals surface area contributed by atoms with E-state index in [-0.39, 0.29) is 18.2 Å². The van der Waals surface area contributed by atoms with Crippen LogP contribution in [-0.2, 0) is 16.0 Å². The van der Waals surface area contributed by atoms with E-state index in [0.29, 0.717) is 39.5 Å². The molecule has 168 valence electrons. The number of anilines is 2. The first-order valence-corrected chi connectivity index (χ1v) is 11.6. The molecule has 5 nitrogen and oxygen atoms in total. The van der Waals surface area contributed by atoms with Crippen molar-refractivity contribution in [2.45, 2.75) is 18.9 Å². The molecule has 1 N–H and O–H groups in total. The number of nitrogens with zero attached hydrogens (tertiary/aromatic N) is 2. The Morgan fingerprint density at radius 3 is 2.36 bits per heavy atom. The first-order chi connectivity index (χ1) is 15.9. The lowest BCUT2D eigenvalue weighted by molar-refractivity contribution is -0.124. The van der Waals surface area contributed by atoms with Crippen molar-refractivity contribution >= 4 is 63.7 Å². The van der Waals surface area contributed by atoms with E-state index in [1.54, 1.807) is 36.4 Å². The minimum Gasteiger partial charge on any atom is -0.336 e. The third-order valence-corrected chi connectivity index (χ3v) is 6.28. The van der Waals surface area contributed by atoms with Gasteiger partial charge in [-0.1, -0.05) is 59.6 Å². The maximum Gasteiger partial charge on any atom is 0.256 e. The first-order valence-electron chi connectivity index (χ1n) is 10.4. The summed E-state index contributed by atoms with van der Waals surface area (Å²) in [6.45, 7) is 0.479. The lowest BCUT2D eigenvalue weighted by Gasteiger charge is -2.24. The molecule has 0 aliphatic carbocycles. The van der Waals surface area contributed by atoms with Gasteiger partial charge in [0.25, 0.3) is 5.91 Å². The number of thiocarbonyl (C=S) groups is 1. The highest BCUT2D eigenvalue weighted by molar-refractivity contribution is 7.80. The number of halogens is 2. The second kappa shape index (κ2) is 10.3. The van der Waals surface area contributed by atoms with Crippen molar-refractivity contribution < 1.29 is 9.59 Å². The molecule has 0 aromatic heterocycles. The van der Waals surface area contributed by atoms with Crippen LogP contribution in [0.2, 0.25) is 10.0 Å². The van der Waals surface area contributed by atoms with Gasteiger partial charge in [0.05, 0.1) is 12.1 Å². The Morgan fingerprint density at radius 2 is 1.67 bits per heavy atom. The van der Waals surface area contributed by atoms with E-state index in [9.17, 15) is 9.59 Å². The van der Waals surface area contributed by atoms with Gasteiger partial charge in [-0.15, -0.1) is 0 Å². The highest BCUT2D eigenvalue weighted by Gasteiger charge is 2.43. The second-order valence-electron chi connectivity index (χ2n) is 7.64. The van der Waals surface area contributed by atoms with E-state index < -0.39 is 6.04 Å². The summed E-state index contributed by atoms with van der Waals surface area (Å²) in [6.07, 6.45) is 0.621. The summed E-state index contributed by atoms with van der Waals surface area (Å²) in [4.78, 5) is 29.5. The molecule has 1 aliphatic heterocycles. The van der Waals surface area contributed by atoms with Crippen LogP contribution >= 0.6 is 35.4 Å². The van der Waals surface area contributed by atoms with Crippen molar-refractivity contribution in [1.82, 2.24) is 4.90 Å². The molecule has 8 heteroatoms. The van der Waals surface area contributed by atoms with Crippen molar-refractivity contribution in [1.29, 1.82) is 0 Å². The molecule has 0 spiro atoms. The van der Waals surface area contributed by atoms with E-state index in [1.165, 1.54) is 4.90 Å². The minimum atomic E-state index is -0.715. The Hall–Kier alpha value is -2.93. The molecular weight excluding hydrogens is 477 g/mol. The summed E-state index contributed by atoms with van der Waals surface area (Å²) in [5.74, 6) is -0.506. The zero-order valence-electron chi connectivity index (χ0n) is 17.6. The van der Waals surface area contributed by atoms with Gasteiger partial charge >= 0.3 is 0 Å². The molecule has 1 heterocycles. The highest BCUT2D eigenvalue weighted by Crippen LogP contribution is 2.29. The molecule has 1 fully saturated rings. The Balaban J connectivity index is 1.56. The Labute approximate surface area is 207 Å². The smallest absolute Gasteiger partial charge is 0.256 e. The average Bonchev–Trinajstić information content (AvgIpc) is 3.03. The van der Waals surface area contributed by atoms with Gasteiger partial charge in [-0.25, -0.2) is 0 Å². The average molecular weight is 498 g/mol. The number of rotatable bonds is 7. The summed E-state index contributed by atoms with van der Waals surface area (Å²) in [5.41, 5.74) is 2.32. The normalized spacial score (nSPS) is 15.8. The van der Waals surface area contributed by atoms with Crippen LogP contribution in [0.3, 0.4) is 0 Å². The fourth-order valence-electron chi connectivity index (χ4n) is 3.75. The molecule has 0 radical (unpaired) electrons. The predicted octanol–water partition coefficient (Wildman–Crippen LogP) is 5.57. The van der Waals surface area contributed by atoms with Crippen LogP contribution in [0.15, 0.2) is 78.9 Å². The van der Waals surface area contributed by atoms with Gasteiger partial charge in [0.15, 0.2) is 5.11 Å². The van der Waals surface area contributed by atoms with Crippen LogP contribution in [0.4, 0.5) is 11.4 Å². The predicted molar refractivity (Wildman–Crippen MR) is 137 cm³/mol. The summed E-state index contributed by atoms with van der Waals surface area (Å²) in [5, 5.41) is 4.37. The van der Waals surface area contributed by atoms with E-state index in [2.05, 4.69) is 5.32 Å². The van der Waals surface area contributed by atoms with E-state index in [0.717, 1.165) is 5.56 Å². The number of carbonyl (C=O) groups excluding carboxylic acids is 2. The summed E-state index contributed by atoms with van der Waals surface area (Å²) in [7, 11) is 0. The van der Waals surface area contributed by atoms with Gasteiger partial charge in [0.1, 0.15) is 6.04 Å². The minimum absolute atomic E-state index is 0.0223. The van der Waals surface area contributed by atoms with Crippen molar-refractivity contribution in [3.05, 3.63) is 94.5 Å². The Morgan fingerprint density at radius 1 is 0.939 bits per heavy atom. The Kier molecular flexibility index (Phi) is 7.28. The fraction of sp³-hybridized carbons (Fsp3) is 0.160. The number of nitrogens with one attached hydrogen (secondary N) is 1. The van der Waals surface area contributed by atoms with Gasteiger partial charge in [-0.2, -0.15) is 0 Å². The van der Waals surface area contributed by atoms with Gasteiger partial charge in [0, 0.05) is 22.3 Å². The van der Waals surface area contributed by atoms with Crippen molar-refractivity contribution in [3.63, 3.8) is 0 Å². The number of hydrogen-bond donors (Lipinski definition) is 1. The maximum absolute atomic E-state index is 13.4. The van der Waals surface area contributed by atoms with Crippen molar-refractivity contribution in [2.75, 3.05) is 16.8 Å². The van der Waals surface area contributed by atoms with Crippen LogP contribution < -0.4 is 10.2 Å². The molecule has 0 bridgehead atoms. The summed E-state index contributed by atoms with van der Waals surface area (Å²) < 4.78 is 0. The Bertz CT molecular complexity index is 1170. The molecule has 1 aliphatic rings. The third kappa shape index (κ3) is 5.53. The van der Waals surface area contributed by atoms with Gasteiger partial charge in [-0.3, -0.25) is 14.5 Å². The summed E-state index contributed by atoms with van der Waals surface area (Å²) >= 11 is 17.8. The van der Waals surface area contributed by atoms with E-state index >= 15 is 0 Å². The molecule has 4 rings (SSSR count). The molecule has 1 unspecified atom stereocenters. The topological polar surface area (TPSA) is 52.7 Å².